The summed E-state index contributed by atoms with van der Waals surface area (Å²) in [5.41, 5.74) is 0.894. The Balaban J connectivity index is 2.58. The van der Waals surface area contributed by atoms with Crippen LogP contribution in [0.1, 0.15) is 26.3 Å². The molecule has 0 heterocycles. The summed E-state index contributed by atoms with van der Waals surface area (Å²) in [4.78, 5) is 11.4. The van der Waals surface area contributed by atoms with Gasteiger partial charge in [-0.2, -0.15) is 0 Å². The van der Waals surface area contributed by atoms with Crippen molar-refractivity contribution in [1.29, 1.82) is 0 Å². The third-order valence-electron chi connectivity index (χ3n) is 2.23. The molecule has 1 amide bonds. The van der Waals surface area contributed by atoms with Gasteiger partial charge in [-0.1, -0.05) is 12.1 Å². The first-order valence-electron chi connectivity index (χ1n) is 6.38. The molecule has 0 aliphatic rings. The van der Waals surface area contributed by atoms with Crippen molar-refractivity contribution in [2.75, 3.05) is 6.54 Å². The van der Waals surface area contributed by atoms with Gasteiger partial charge in [0.2, 0.25) is 5.91 Å². The van der Waals surface area contributed by atoms with Crippen molar-refractivity contribution >= 4 is 12.0 Å². The molecule has 0 radical (unpaired) electrons. The molecule has 1 aromatic carbocycles. The van der Waals surface area contributed by atoms with E-state index in [1.165, 1.54) is 6.08 Å². The zero-order valence-corrected chi connectivity index (χ0v) is 11.6. The van der Waals surface area contributed by atoms with E-state index >= 15 is 0 Å². The van der Waals surface area contributed by atoms with Crippen molar-refractivity contribution < 1.29 is 14.6 Å². The number of carbonyl (C=O) groups excluding carboxylic acids is 1. The van der Waals surface area contributed by atoms with Gasteiger partial charge in [0.1, 0.15) is 5.75 Å². The summed E-state index contributed by atoms with van der Waals surface area (Å²) in [7, 11) is 0. The molecule has 2 N–H and O–H groups in total. The maximum atomic E-state index is 11.4. The Morgan fingerprint density at radius 3 is 2.79 bits per heavy atom. The molecule has 0 spiro atoms. The normalized spacial score (nSPS) is 12.7. The SMILES string of the molecule is CC(O)CNC(=O)/C=C/c1cccc(OC(C)C)c1. The van der Waals surface area contributed by atoms with E-state index < -0.39 is 6.10 Å². The lowest BCUT2D eigenvalue weighted by Crippen LogP contribution is -2.28. The van der Waals surface area contributed by atoms with Crippen molar-refractivity contribution in [1.82, 2.24) is 5.32 Å². The first-order chi connectivity index (χ1) is 8.97. The number of ether oxygens (including phenoxy) is 1. The second-order valence-electron chi connectivity index (χ2n) is 4.67. The number of hydrogen-bond acceptors (Lipinski definition) is 3. The van der Waals surface area contributed by atoms with E-state index in [2.05, 4.69) is 5.32 Å². The number of carbonyl (C=O) groups is 1. The van der Waals surface area contributed by atoms with Crippen LogP contribution < -0.4 is 10.1 Å². The molecule has 0 saturated heterocycles. The Morgan fingerprint density at radius 2 is 2.16 bits per heavy atom. The summed E-state index contributed by atoms with van der Waals surface area (Å²) in [6, 6.07) is 7.53. The highest BCUT2D eigenvalue weighted by atomic mass is 16.5. The second-order valence-corrected chi connectivity index (χ2v) is 4.67. The number of aliphatic hydroxyl groups excluding tert-OH is 1. The van der Waals surface area contributed by atoms with Gasteiger partial charge in [-0.3, -0.25) is 4.79 Å². The highest BCUT2D eigenvalue weighted by Gasteiger charge is 2.00. The Kier molecular flexibility index (Phi) is 6.09. The molecular formula is C15H21NO3. The van der Waals surface area contributed by atoms with E-state index in [0.29, 0.717) is 0 Å². The van der Waals surface area contributed by atoms with Crippen molar-refractivity contribution in [3.63, 3.8) is 0 Å². The molecule has 0 bridgehead atoms. The molecule has 0 aromatic heterocycles. The molecule has 1 unspecified atom stereocenters. The van der Waals surface area contributed by atoms with Crippen LogP contribution in [0.2, 0.25) is 0 Å². The van der Waals surface area contributed by atoms with Gasteiger partial charge >= 0.3 is 0 Å². The average Bonchev–Trinajstić information content (AvgIpc) is 2.33. The fourth-order valence-electron chi connectivity index (χ4n) is 1.44. The van der Waals surface area contributed by atoms with Gasteiger partial charge in [0.15, 0.2) is 0 Å². The Morgan fingerprint density at radius 1 is 1.42 bits per heavy atom. The van der Waals surface area contributed by atoms with Gasteiger partial charge in [-0.25, -0.2) is 0 Å². The summed E-state index contributed by atoms with van der Waals surface area (Å²) < 4.78 is 5.57. The second kappa shape index (κ2) is 7.59. The van der Waals surface area contributed by atoms with E-state index in [0.717, 1.165) is 11.3 Å². The van der Waals surface area contributed by atoms with Gasteiger partial charge in [0.25, 0.3) is 0 Å². The Hall–Kier alpha value is -1.81. The molecule has 104 valence electrons. The standard InChI is InChI=1S/C15H21NO3/c1-11(2)19-14-6-4-5-13(9-14)7-8-15(18)16-10-12(3)17/h4-9,11-12,17H,10H2,1-3H3,(H,16,18)/b8-7+. The predicted molar refractivity (Wildman–Crippen MR) is 75.9 cm³/mol. The van der Waals surface area contributed by atoms with Crippen LogP contribution >= 0.6 is 0 Å². The molecule has 0 saturated carbocycles. The minimum Gasteiger partial charge on any atom is -0.491 e. The van der Waals surface area contributed by atoms with Crippen LogP contribution in [0, 0.1) is 0 Å². The number of amides is 1. The number of nitrogens with one attached hydrogen (secondary N) is 1. The highest BCUT2D eigenvalue weighted by Crippen LogP contribution is 2.15. The minimum absolute atomic E-state index is 0.119. The molecule has 0 fully saturated rings. The fourth-order valence-corrected chi connectivity index (χ4v) is 1.44. The van der Waals surface area contributed by atoms with Crippen LogP contribution in [-0.4, -0.2) is 29.8 Å². The van der Waals surface area contributed by atoms with Crippen LogP contribution in [0.25, 0.3) is 6.08 Å². The first-order valence-corrected chi connectivity index (χ1v) is 6.38. The summed E-state index contributed by atoms with van der Waals surface area (Å²) in [6.45, 7) is 5.80. The third kappa shape index (κ3) is 6.62. The zero-order valence-electron chi connectivity index (χ0n) is 11.6. The lowest BCUT2D eigenvalue weighted by Gasteiger charge is -2.09. The van der Waals surface area contributed by atoms with Crippen LogP contribution in [-0.2, 0) is 4.79 Å². The number of aliphatic hydroxyl groups is 1. The third-order valence-corrected chi connectivity index (χ3v) is 2.23. The van der Waals surface area contributed by atoms with Crippen LogP contribution in [0.15, 0.2) is 30.3 Å². The van der Waals surface area contributed by atoms with Crippen molar-refractivity contribution in [3.8, 4) is 5.75 Å². The average molecular weight is 263 g/mol. The van der Waals surface area contributed by atoms with Gasteiger partial charge in [0.05, 0.1) is 12.2 Å². The van der Waals surface area contributed by atoms with Gasteiger partial charge in [-0.05, 0) is 44.5 Å². The van der Waals surface area contributed by atoms with Crippen molar-refractivity contribution in [2.24, 2.45) is 0 Å². The summed E-state index contributed by atoms with van der Waals surface area (Å²) in [5, 5.41) is 11.6. The Labute approximate surface area is 114 Å². The number of hydrogen-bond donors (Lipinski definition) is 2. The molecule has 19 heavy (non-hydrogen) atoms. The van der Waals surface area contributed by atoms with Crippen LogP contribution in [0.3, 0.4) is 0 Å². The lowest BCUT2D eigenvalue weighted by molar-refractivity contribution is -0.116. The van der Waals surface area contributed by atoms with E-state index in [-0.39, 0.29) is 18.6 Å². The van der Waals surface area contributed by atoms with E-state index in [1.54, 1.807) is 13.0 Å². The maximum Gasteiger partial charge on any atom is 0.244 e. The van der Waals surface area contributed by atoms with Crippen molar-refractivity contribution in [2.45, 2.75) is 33.0 Å². The summed E-state index contributed by atoms with van der Waals surface area (Å²) in [6.07, 6.45) is 2.73. The number of benzene rings is 1. The molecule has 1 aromatic rings. The monoisotopic (exact) mass is 263 g/mol. The molecule has 0 aliphatic carbocycles. The molecule has 1 rings (SSSR count). The number of rotatable bonds is 6. The topological polar surface area (TPSA) is 58.6 Å². The fraction of sp³-hybridized carbons (Fsp3) is 0.400. The minimum atomic E-state index is -0.542. The van der Waals surface area contributed by atoms with Gasteiger partial charge < -0.3 is 15.2 Å². The van der Waals surface area contributed by atoms with Crippen LogP contribution in [0.5, 0.6) is 5.75 Å². The molecule has 4 heteroatoms. The summed E-state index contributed by atoms with van der Waals surface area (Å²) in [5.74, 6) is 0.553. The van der Waals surface area contributed by atoms with Crippen LogP contribution in [0.4, 0.5) is 0 Å². The molecule has 0 aliphatic heterocycles. The van der Waals surface area contributed by atoms with Gasteiger partial charge in [0, 0.05) is 12.6 Å². The molecular weight excluding hydrogens is 242 g/mol. The van der Waals surface area contributed by atoms with E-state index in [9.17, 15) is 4.79 Å². The molecule has 1 atom stereocenters. The lowest BCUT2D eigenvalue weighted by atomic mass is 10.2. The smallest absolute Gasteiger partial charge is 0.244 e. The largest absolute Gasteiger partial charge is 0.491 e. The van der Waals surface area contributed by atoms with Gasteiger partial charge in [-0.15, -0.1) is 0 Å². The van der Waals surface area contributed by atoms with Crippen molar-refractivity contribution in [3.05, 3.63) is 35.9 Å². The Bertz CT molecular complexity index is 439. The van der Waals surface area contributed by atoms with E-state index in [4.69, 9.17) is 9.84 Å². The maximum absolute atomic E-state index is 11.4. The highest BCUT2D eigenvalue weighted by molar-refractivity contribution is 5.91. The molecule has 4 nitrogen and oxygen atoms in total. The van der Waals surface area contributed by atoms with E-state index in [1.807, 2.05) is 38.1 Å². The quantitative estimate of drug-likeness (QED) is 0.772. The predicted octanol–water partition coefficient (Wildman–Crippen LogP) is 1.98. The zero-order chi connectivity index (χ0) is 14.3. The first kappa shape index (κ1) is 15.2. The summed E-state index contributed by atoms with van der Waals surface area (Å²) >= 11 is 0.